The minimum Gasteiger partial charge on any atom is -0.466 e. The van der Waals surface area contributed by atoms with Crippen molar-refractivity contribution in [1.82, 2.24) is 0 Å². The van der Waals surface area contributed by atoms with Crippen molar-refractivity contribution < 1.29 is 24.0 Å². The predicted octanol–water partition coefficient (Wildman–Crippen LogP) is 6.78. The maximum absolute atomic E-state index is 13.6. The van der Waals surface area contributed by atoms with Crippen LogP contribution in [0, 0.1) is 0 Å². The maximum Gasteiger partial charge on any atom is 0.331 e. The SMILES string of the molecule is CCCCOC(=O)CC/C(=N\OC(C)=O)C(=O)c1ccc2c(c1)C(CCC)(CCC)c1ccccc1-2. The van der Waals surface area contributed by atoms with Crippen LogP contribution in [-0.4, -0.2) is 30.0 Å². The first-order chi connectivity index (χ1) is 17.4. The Bertz CT molecular complexity index is 1130. The lowest BCUT2D eigenvalue weighted by Gasteiger charge is -2.32. The summed E-state index contributed by atoms with van der Waals surface area (Å²) >= 11 is 0. The first-order valence-corrected chi connectivity index (χ1v) is 13.1. The molecule has 2 aromatic carbocycles. The molecule has 0 N–H and O–H groups in total. The van der Waals surface area contributed by atoms with Crippen LogP contribution in [0.2, 0.25) is 0 Å². The van der Waals surface area contributed by atoms with Crippen LogP contribution >= 0.6 is 0 Å². The Morgan fingerprint density at radius 3 is 2.22 bits per heavy atom. The van der Waals surface area contributed by atoms with Crippen LogP contribution in [0.4, 0.5) is 0 Å². The molecule has 0 fully saturated rings. The molecule has 36 heavy (non-hydrogen) atoms. The Morgan fingerprint density at radius 2 is 1.56 bits per heavy atom. The number of carbonyl (C=O) groups excluding carboxylic acids is 3. The fraction of sp³-hybridized carbons (Fsp3) is 0.467. The lowest BCUT2D eigenvalue weighted by atomic mass is 9.71. The van der Waals surface area contributed by atoms with Gasteiger partial charge in [-0.2, -0.15) is 0 Å². The van der Waals surface area contributed by atoms with Crippen LogP contribution < -0.4 is 0 Å². The largest absolute Gasteiger partial charge is 0.466 e. The quantitative estimate of drug-likeness (QED) is 0.0770. The average molecular weight is 492 g/mol. The second-order valence-electron chi connectivity index (χ2n) is 9.41. The van der Waals surface area contributed by atoms with Gasteiger partial charge in [-0.25, -0.2) is 4.79 Å². The second kappa shape index (κ2) is 12.6. The Labute approximate surface area is 214 Å². The van der Waals surface area contributed by atoms with Crippen LogP contribution in [0.3, 0.4) is 0 Å². The molecule has 0 bridgehead atoms. The van der Waals surface area contributed by atoms with E-state index in [1.807, 2.05) is 19.1 Å². The van der Waals surface area contributed by atoms with Crippen molar-refractivity contribution in [3.63, 3.8) is 0 Å². The van der Waals surface area contributed by atoms with E-state index in [9.17, 15) is 14.4 Å². The standard InChI is InChI=1S/C30H37NO5/c1-5-8-19-35-28(33)16-15-27(31-36-21(4)32)29(34)22-13-14-24-23-11-9-10-12-25(23)30(17-6-2,18-7-3)26(24)20-22/h9-14,20H,5-8,15-19H2,1-4H3/b31-27+. The van der Waals surface area contributed by atoms with Crippen LogP contribution in [0.5, 0.6) is 0 Å². The summed E-state index contributed by atoms with van der Waals surface area (Å²) in [6, 6.07) is 14.3. The maximum atomic E-state index is 13.6. The molecule has 0 radical (unpaired) electrons. The molecule has 1 aliphatic rings. The molecule has 3 rings (SSSR count). The summed E-state index contributed by atoms with van der Waals surface area (Å²) in [6.07, 6.45) is 5.74. The molecule has 6 nitrogen and oxygen atoms in total. The number of fused-ring (bicyclic) bond motifs is 3. The van der Waals surface area contributed by atoms with E-state index in [4.69, 9.17) is 9.57 Å². The van der Waals surface area contributed by atoms with Crippen LogP contribution in [-0.2, 0) is 24.6 Å². The highest BCUT2D eigenvalue weighted by molar-refractivity contribution is 6.46. The van der Waals surface area contributed by atoms with Crippen LogP contribution in [0.1, 0.15) is 101 Å². The highest BCUT2D eigenvalue weighted by atomic mass is 16.7. The highest BCUT2D eigenvalue weighted by Gasteiger charge is 2.42. The summed E-state index contributed by atoms with van der Waals surface area (Å²) in [5.74, 6) is -1.38. The molecule has 6 heteroatoms. The first kappa shape index (κ1) is 27.3. The third-order valence-electron chi connectivity index (χ3n) is 6.76. The number of Topliss-reactive ketones (excluding diaryl/α,β-unsaturated/α-hetero) is 1. The lowest BCUT2D eigenvalue weighted by molar-refractivity contribution is -0.143. The van der Waals surface area contributed by atoms with Crippen molar-refractivity contribution in [2.24, 2.45) is 5.16 Å². The van der Waals surface area contributed by atoms with Gasteiger partial charge in [0, 0.05) is 24.3 Å². The molecule has 2 aromatic rings. The van der Waals surface area contributed by atoms with Gasteiger partial charge in [-0.3, -0.25) is 9.59 Å². The van der Waals surface area contributed by atoms with Crippen molar-refractivity contribution >= 4 is 23.4 Å². The fourth-order valence-electron chi connectivity index (χ4n) is 5.22. The molecule has 0 spiro atoms. The van der Waals surface area contributed by atoms with Crippen molar-refractivity contribution in [3.05, 3.63) is 59.2 Å². The Hall–Kier alpha value is -3.28. The third-order valence-corrected chi connectivity index (χ3v) is 6.76. The van der Waals surface area contributed by atoms with E-state index in [1.165, 1.54) is 18.1 Å². The zero-order valence-electron chi connectivity index (χ0n) is 21.9. The van der Waals surface area contributed by atoms with E-state index in [1.54, 1.807) is 6.07 Å². The number of esters is 1. The fourth-order valence-corrected chi connectivity index (χ4v) is 5.22. The zero-order chi connectivity index (χ0) is 26.1. The molecule has 0 atom stereocenters. The van der Waals surface area contributed by atoms with Gasteiger partial charge in [-0.15, -0.1) is 0 Å². The molecular formula is C30H37NO5. The number of hydrogen-bond donors (Lipinski definition) is 0. The minimum absolute atomic E-state index is 0.0124. The zero-order valence-corrected chi connectivity index (χ0v) is 21.9. The van der Waals surface area contributed by atoms with Crippen molar-refractivity contribution in [2.75, 3.05) is 6.61 Å². The van der Waals surface area contributed by atoms with Crippen LogP contribution in [0.25, 0.3) is 11.1 Å². The van der Waals surface area contributed by atoms with Crippen molar-refractivity contribution in [2.45, 2.75) is 84.5 Å². The molecule has 0 saturated carbocycles. The molecule has 192 valence electrons. The smallest absolute Gasteiger partial charge is 0.331 e. The number of unbranched alkanes of at least 4 members (excludes halogenated alkanes) is 1. The lowest BCUT2D eigenvalue weighted by Crippen LogP contribution is -2.25. The number of benzene rings is 2. The predicted molar refractivity (Wildman–Crippen MR) is 141 cm³/mol. The molecule has 0 aliphatic heterocycles. The van der Waals surface area contributed by atoms with Crippen molar-refractivity contribution in [1.29, 1.82) is 0 Å². The summed E-state index contributed by atoms with van der Waals surface area (Å²) in [5.41, 5.74) is 5.20. The van der Waals surface area contributed by atoms with Gasteiger partial charge in [0.2, 0.25) is 5.78 Å². The van der Waals surface area contributed by atoms with Gasteiger partial charge in [-0.1, -0.05) is 81.6 Å². The Morgan fingerprint density at radius 1 is 0.861 bits per heavy atom. The molecule has 0 heterocycles. The summed E-state index contributed by atoms with van der Waals surface area (Å²) in [5, 5.41) is 3.82. The van der Waals surface area contributed by atoms with Gasteiger partial charge >= 0.3 is 11.9 Å². The topological polar surface area (TPSA) is 82.0 Å². The molecule has 0 saturated heterocycles. The van der Waals surface area contributed by atoms with Crippen LogP contribution in [0.15, 0.2) is 47.6 Å². The third kappa shape index (κ3) is 5.92. The molecule has 0 unspecified atom stereocenters. The first-order valence-electron chi connectivity index (χ1n) is 13.1. The van der Waals surface area contributed by atoms with Gasteiger partial charge in [0.1, 0.15) is 5.71 Å². The number of rotatable bonds is 13. The Balaban J connectivity index is 1.95. The normalized spacial score (nSPS) is 13.6. The number of ketones is 1. The van der Waals surface area contributed by atoms with E-state index in [0.717, 1.165) is 49.7 Å². The summed E-state index contributed by atoms with van der Waals surface area (Å²) in [6.45, 7) is 7.97. The monoisotopic (exact) mass is 491 g/mol. The average Bonchev–Trinajstić information content (AvgIpc) is 3.13. The summed E-state index contributed by atoms with van der Waals surface area (Å²) < 4.78 is 5.21. The molecule has 0 amide bonds. The van der Waals surface area contributed by atoms with Gasteiger partial charge in [-0.05, 0) is 47.6 Å². The van der Waals surface area contributed by atoms with E-state index in [0.29, 0.717) is 12.2 Å². The van der Waals surface area contributed by atoms with E-state index in [-0.39, 0.29) is 29.8 Å². The summed E-state index contributed by atoms with van der Waals surface area (Å²) in [4.78, 5) is 41.9. The molecular weight excluding hydrogens is 454 g/mol. The number of ether oxygens (including phenoxy) is 1. The van der Waals surface area contributed by atoms with Gasteiger partial charge < -0.3 is 9.57 Å². The van der Waals surface area contributed by atoms with E-state index in [2.05, 4.69) is 43.3 Å². The number of oxime groups is 1. The van der Waals surface area contributed by atoms with E-state index < -0.39 is 11.9 Å². The van der Waals surface area contributed by atoms with Gasteiger partial charge in [0.25, 0.3) is 0 Å². The van der Waals surface area contributed by atoms with E-state index >= 15 is 0 Å². The molecule has 0 aromatic heterocycles. The number of carbonyl (C=O) groups is 3. The second-order valence-corrected chi connectivity index (χ2v) is 9.41. The number of nitrogens with zero attached hydrogens (tertiary/aromatic N) is 1. The number of hydrogen-bond acceptors (Lipinski definition) is 6. The van der Waals surface area contributed by atoms with Crippen molar-refractivity contribution in [3.8, 4) is 11.1 Å². The van der Waals surface area contributed by atoms with Gasteiger partial charge in [0.05, 0.1) is 13.0 Å². The molecule has 1 aliphatic carbocycles. The highest BCUT2D eigenvalue weighted by Crippen LogP contribution is 2.53. The van der Waals surface area contributed by atoms with Gasteiger partial charge in [0.15, 0.2) is 0 Å². The Kier molecular flexibility index (Phi) is 9.57. The summed E-state index contributed by atoms with van der Waals surface area (Å²) in [7, 11) is 0. The minimum atomic E-state index is -0.625.